The maximum Gasteiger partial charge on any atom is 0.142 e. The lowest BCUT2D eigenvalue weighted by atomic mass is 10.3. The minimum Gasteiger partial charge on any atom is -0.325 e. The van der Waals surface area contributed by atoms with Gasteiger partial charge in [-0.1, -0.05) is 0 Å². The maximum atomic E-state index is 5.55. The summed E-state index contributed by atoms with van der Waals surface area (Å²) in [6.45, 7) is 0.500. The van der Waals surface area contributed by atoms with Gasteiger partial charge in [0.15, 0.2) is 0 Å². The van der Waals surface area contributed by atoms with E-state index in [9.17, 15) is 0 Å². The van der Waals surface area contributed by atoms with Gasteiger partial charge in [-0.25, -0.2) is 9.97 Å². The van der Waals surface area contributed by atoms with Gasteiger partial charge in [0.1, 0.15) is 5.82 Å². The van der Waals surface area contributed by atoms with Crippen LogP contribution in [0.1, 0.15) is 16.8 Å². The Kier molecular flexibility index (Phi) is 3.67. The van der Waals surface area contributed by atoms with Gasteiger partial charge >= 0.3 is 0 Å². The molecule has 3 nitrogen and oxygen atoms in total. The molecule has 14 heavy (non-hydrogen) atoms. The molecule has 5 heteroatoms. The predicted octanol–water partition coefficient (Wildman–Crippen LogP) is 1.46. The van der Waals surface area contributed by atoms with E-state index in [0.717, 1.165) is 17.3 Å². The summed E-state index contributed by atoms with van der Waals surface area (Å²) >= 11 is 3.93. The van der Waals surface area contributed by atoms with Crippen LogP contribution in [0, 0.1) is 0 Å². The second kappa shape index (κ2) is 5.00. The summed E-state index contributed by atoms with van der Waals surface area (Å²) in [4.78, 5) is 8.75. The van der Waals surface area contributed by atoms with Crippen molar-refractivity contribution in [2.75, 3.05) is 17.3 Å². The summed E-state index contributed by atoms with van der Waals surface area (Å²) in [5.74, 6) is 4.52. The normalized spacial score (nSPS) is 22.2. The number of rotatable bonds is 2. The summed E-state index contributed by atoms with van der Waals surface area (Å²) in [7, 11) is 0. The van der Waals surface area contributed by atoms with E-state index >= 15 is 0 Å². The second-order valence-electron chi connectivity index (χ2n) is 3.04. The van der Waals surface area contributed by atoms with Crippen LogP contribution in [-0.2, 0) is 6.54 Å². The molecule has 0 bridgehead atoms. The first kappa shape index (κ1) is 10.3. The molecule has 0 spiro atoms. The molecule has 1 saturated heterocycles. The van der Waals surface area contributed by atoms with Crippen LogP contribution in [-0.4, -0.2) is 27.2 Å². The summed E-state index contributed by atoms with van der Waals surface area (Å²) in [6, 6.07) is 1.88. The van der Waals surface area contributed by atoms with Gasteiger partial charge in [-0.3, -0.25) is 0 Å². The van der Waals surface area contributed by atoms with Crippen molar-refractivity contribution in [1.82, 2.24) is 9.97 Å². The molecule has 1 unspecified atom stereocenters. The molecule has 0 amide bonds. The Labute approximate surface area is 92.3 Å². The number of nitrogens with two attached hydrogens (primary N) is 1. The van der Waals surface area contributed by atoms with E-state index in [1.807, 2.05) is 35.8 Å². The quantitative estimate of drug-likeness (QED) is 0.829. The minimum atomic E-state index is 0.459. The van der Waals surface area contributed by atoms with E-state index < -0.39 is 0 Å². The first-order chi connectivity index (χ1) is 6.90. The molecule has 2 rings (SSSR count). The van der Waals surface area contributed by atoms with E-state index in [-0.39, 0.29) is 0 Å². The number of hydrogen-bond donors (Lipinski definition) is 1. The van der Waals surface area contributed by atoms with Gasteiger partial charge in [0.05, 0.1) is 10.9 Å². The van der Waals surface area contributed by atoms with E-state index in [1.165, 1.54) is 11.5 Å². The fraction of sp³-hybridized carbons (Fsp3) is 0.556. The highest BCUT2D eigenvalue weighted by Gasteiger charge is 2.18. The van der Waals surface area contributed by atoms with Crippen LogP contribution < -0.4 is 5.73 Å². The van der Waals surface area contributed by atoms with Gasteiger partial charge in [-0.05, 0) is 6.07 Å². The largest absolute Gasteiger partial charge is 0.325 e. The molecule has 0 aromatic carbocycles. The molecular formula is C9H13N3S2. The first-order valence-electron chi connectivity index (χ1n) is 4.61. The van der Waals surface area contributed by atoms with Crippen LogP contribution in [0.15, 0.2) is 12.3 Å². The second-order valence-corrected chi connectivity index (χ2v) is 5.51. The van der Waals surface area contributed by atoms with Gasteiger partial charge in [0.2, 0.25) is 0 Å². The van der Waals surface area contributed by atoms with Crippen molar-refractivity contribution in [3.63, 3.8) is 0 Å². The topological polar surface area (TPSA) is 51.8 Å². The molecule has 76 valence electrons. The summed E-state index contributed by atoms with van der Waals surface area (Å²) in [5.41, 5.74) is 6.48. The monoisotopic (exact) mass is 227 g/mol. The van der Waals surface area contributed by atoms with Crippen molar-refractivity contribution in [3.05, 3.63) is 23.8 Å². The lowest BCUT2D eigenvalue weighted by molar-refractivity contribution is 0.866. The Bertz CT molecular complexity index is 300. The smallest absolute Gasteiger partial charge is 0.142 e. The Morgan fingerprint density at radius 2 is 2.43 bits per heavy atom. The molecule has 0 radical (unpaired) electrons. The van der Waals surface area contributed by atoms with Crippen LogP contribution in [0.5, 0.6) is 0 Å². The molecule has 0 aliphatic carbocycles. The highest BCUT2D eigenvalue weighted by atomic mass is 32.2. The van der Waals surface area contributed by atoms with Crippen LogP contribution in [0.3, 0.4) is 0 Å². The molecule has 2 N–H and O–H groups in total. The Morgan fingerprint density at radius 1 is 1.50 bits per heavy atom. The molecule has 1 aliphatic heterocycles. The zero-order chi connectivity index (χ0) is 9.80. The lowest BCUT2D eigenvalue weighted by Gasteiger charge is -2.19. The fourth-order valence-electron chi connectivity index (χ4n) is 1.32. The van der Waals surface area contributed by atoms with Crippen molar-refractivity contribution >= 4 is 23.5 Å². The third kappa shape index (κ3) is 2.40. The number of nitrogens with zero attached hydrogens (tertiary/aromatic N) is 2. The van der Waals surface area contributed by atoms with Crippen molar-refractivity contribution < 1.29 is 0 Å². The van der Waals surface area contributed by atoms with E-state index in [2.05, 4.69) is 9.97 Å². The molecule has 1 aliphatic rings. The summed E-state index contributed by atoms with van der Waals surface area (Å²) < 4.78 is 0. The molecule has 1 aromatic rings. The first-order valence-corrected chi connectivity index (χ1v) is 6.81. The van der Waals surface area contributed by atoms with Crippen molar-refractivity contribution in [1.29, 1.82) is 0 Å². The SMILES string of the molecule is NCc1ccnc(C2CSCCS2)n1. The Hall–Kier alpha value is -0.260. The van der Waals surface area contributed by atoms with Gasteiger partial charge in [0.25, 0.3) is 0 Å². The predicted molar refractivity (Wildman–Crippen MR) is 62.4 cm³/mol. The molecule has 1 fully saturated rings. The zero-order valence-corrected chi connectivity index (χ0v) is 9.48. The maximum absolute atomic E-state index is 5.55. The van der Waals surface area contributed by atoms with Crippen LogP contribution in [0.25, 0.3) is 0 Å². The van der Waals surface area contributed by atoms with Crippen LogP contribution in [0.4, 0.5) is 0 Å². The highest BCUT2D eigenvalue weighted by Crippen LogP contribution is 2.34. The molecule has 0 saturated carbocycles. The Morgan fingerprint density at radius 3 is 3.14 bits per heavy atom. The number of aromatic nitrogens is 2. The van der Waals surface area contributed by atoms with Gasteiger partial charge < -0.3 is 5.73 Å². The van der Waals surface area contributed by atoms with Crippen molar-refractivity contribution in [2.45, 2.75) is 11.8 Å². The number of thioether (sulfide) groups is 2. The third-order valence-electron chi connectivity index (χ3n) is 2.04. The van der Waals surface area contributed by atoms with Gasteiger partial charge in [-0.2, -0.15) is 11.8 Å². The average molecular weight is 227 g/mol. The lowest BCUT2D eigenvalue weighted by Crippen LogP contribution is -2.12. The highest BCUT2D eigenvalue weighted by molar-refractivity contribution is 8.06. The van der Waals surface area contributed by atoms with Gasteiger partial charge in [-0.15, -0.1) is 11.8 Å². The Balaban J connectivity index is 2.13. The fourth-order valence-corrected chi connectivity index (χ4v) is 3.93. The standard InChI is InChI=1S/C9H13N3S2/c10-5-7-1-2-11-9(12-7)8-6-13-3-4-14-8/h1-2,8H,3-6,10H2. The summed E-state index contributed by atoms with van der Waals surface area (Å²) in [5, 5.41) is 0.459. The van der Waals surface area contributed by atoms with E-state index in [1.54, 1.807) is 0 Å². The number of hydrogen-bond acceptors (Lipinski definition) is 5. The van der Waals surface area contributed by atoms with E-state index in [4.69, 9.17) is 5.73 Å². The summed E-state index contributed by atoms with van der Waals surface area (Å²) in [6.07, 6.45) is 1.81. The van der Waals surface area contributed by atoms with E-state index in [0.29, 0.717) is 11.8 Å². The van der Waals surface area contributed by atoms with Gasteiger partial charge in [0, 0.05) is 30.0 Å². The van der Waals surface area contributed by atoms with Crippen LogP contribution >= 0.6 is 23.5 Å². The molecule has 1 aromatic heterocycles. The zero-order valence-electron chi connectivity index (χ0n) is 7.85. The van der Waals surface area contributed by atoms with Crippen molar-refractivity contribution in [3.8, 4) is 0 Å². The minimum absolute atomic E-state index is 0.459. The third-order valence-corrected chi connectivity index (χ3v) is 4.80. The molecule has 1 atom stereocenters. The average Bonchev–Trinajstić information content (AvgIpc) is 2.30. The van der Waals surface area contributed by atoms with Crippen LogP contribution in [0.2, 0.25) is 0 Å². The molecular weight excluding hydrogens is 214 g/mol. The van der Waals surface area contributed by atoms with Crippen molar-refractivity contribution in [2.24, 2.45) is 5.73 Å². The molecule has 2 heterocycles.